The van der Waals surface area contributed by atoms with Crippen molar-refractivity contribution in [1.29, 1.82) is 0 Å². The van der Waals surface area contributed by atoms with Crippen molar-refractivity contribution in [3.63, 3.8) is 0 Å². The Kier molecular flexibility index (Phi) is 4.77. The van der Waals surface area contributed by atoms with Gasteiger partial charge in [-0.25, -0.2) is 4.79 Å². The molecule has 0 saturated carbocycles. The van der Waals surface area contributed by atoms with E-state index in [9.17, 15) is 31.5 Å². The Morgan fingerprint density at radius 2 is 1.76 bits per heavy atom. The first kappa shape index (κ1) is 17.2. The van der Waals surface area contributed by atoms with Gasteiger partial charge in [0, 0.05) is 0 Å². The summed E-state index contributed by atoms with van der Waals surface area (Å²) in [7, 11) is 1.03. The third-order valence-electron chi connectivity index (χ3n) is 2.28. The van der Waals surface area contributed by atoms with E-state index in [0.717, 1.165) is 25.3 Å². The smallest absolute Gasteiger partial charge is 0.463 e. The van der Waals surface area contributed by atoms with Crippen LogP contribution in [0.5, 0.6) is 0 Å². The Balaban J connectivity index is 3.08. The summed E-state index contributed by atoms with van der Waals surface area (Å²) in [5, 5.41) is 1.00. The molecule has 0 radical (unpaired) electrons. The van der Waals surface area contributed by atoms with Crippen molar-refractivity contribution in [2.45, 2.75) is 12.1 Å². The summed E-state index contributed by atoms with van der Waals surface area (Å²) < 4.78 is 66.0. The van der Waals surface area contributed by atoms with E-state index in [0.29, 0.717) is 0 Å². The number of ether oxygens (including phenoxy) is 1. The number of hydrogen-bond donors (Lipinski definition) is 1. The average Bonchev–Trinajstić information content (AvgIpc) is 2.38. The van der Waals surface area contributed by atoms with Gasteiger partial charge in [-0.05, 0) is 18.2 Å². The number of alkyl halides is 5. The molecule has 0 heterocycles. The number of rotatable bonds is 3. The topological polar surface area (TPSA) is 55.4 Å². The number of benzene rings is 1. The molecule has 10 heteroatoms. The summed E-state index contributed by atoms with van der Waals surface area (Å²) in [4.78, 5) is 22.2. The van der Waals surface area contributed by atoms with E-state index in [1.807, 2.05) is 0 Å². The number of esters is 1. The molecule has 1 amide bonds. The zero-order valence-corrected chi connectivity index (χ0v) is 11.0. The highest BCUT2D eigenvalue weighted by Crippen LogP contribution is 2.37. The molecule has 21 heavy (non-hydrogen) atoms. The molecule has 0 aromatic heterocycles. The van der Waals surface area contributed by atoms with E-state index in [-0.39, 0.29) is 10.6 Å². The van der Waals surface area contributed by atoms with Crippen molar-refractivity contribution in [1.82, 2.24) is 0 Å². The van der Waals surface area contributed by atoms with Crippen LogP contribution in [0.3, 0.4) is 0 Å². The number of nitrogens with one attached hydrogen (secondary N) is 1. The fourth-order valence-corrected chi connectivity index (χ4v) is 1.36. The molecule has 0 aliphatic heterocycles. The van der Waals surface area contributed by atoms with Gasteiger partial charge in [-0.1, -0.05) is 11.6 Å². The van der Waals surface area contributed by atoms with Gasteiger partial charge in [-0.15, -0.1) is 0 Å². The molecular weight excluding hydrogens is 325 g/mol. The highest BCUT2D eigenvalue weighted by molar-refractivity contribution is 6.34. The van der Waals surface area contributed by atoms with E-state index < -0.39 is 29.7 Å². The molecule has 0 unspecified atom stereocenters. The third-order valence-corrected chi connectivity index (χ3v) is 2.61. The van der Waals surface area contributed by atoms with Crippen molar-refractivity contribution in [2.24, 2.45) is 0 Å². The highest BCUT2D eigenvalue weighted by Gasteiger charge is 2.63. The quantitative estimate of drug-likeness (QED) is 0.683. The lowest BCUT2D eigenvalue weighted by Gasteiger charge is -2.19. The number of halogens is 6. The molecule has 0 fully saturated rings. The van der Waals surface area contributed by atoms with Crippen LogP contribution < -0.4 is 5.32 Å². The predicted molar refractivity (Wildman–Crippen MR) is 62.4 cm³/mol. The second-order valence-electron chi connectivity index (χ2n) is 3.71. The second kappa shape index (κ2) is 5.84. The molecule has 116 valence electrons. The van der Waals surface area contributed by atoms with E-state index in [1.165, 1.54) is 5.32 Å². The summed E-state index contributed by atoms with van der Waals surface area (Å²) in [5.74, 6) is -9.10. The van der Waals surface area contributed by atoms with E-state index in [1.54, 1.807) is 0 Å². The van der Waals surface area contributed by atoms with E-state index in [4.69, 9.17) is 11.6 Å². The van der Waals surface area contributed by atoms with Crippen molar-refractivity contribution in [3.8, 4) is 0 Å². The first-order valence-corrected chi connectivity index (χ1v) is 5.52. The molecule has 0 aliphatic rings. The predicted octanol–water partition coefficient (Wildman–Crippen LogP) is 3.26. The standard InChI is InChI=1S/C11H7ClF5NO3/c1-21-8(19)5-2-3-6(12)7(4-5)18-9(20)10(13,14)11(15,16)17/h2-4H,1H3,(H,18,20). The van der Waals surface area contributed by atoms with Crippen LogP contribution in [0.2, 0.25) is 5.02 Å². The van der Waals surface area contributed by atoms with Crippen LogP contribution >= 0.6 is 11.6 Å². The zero-order valence-electron chi connectivity index (χ0n) is 10.2. The minimum Gasteiger partial charge on any atom is -0.465 e. The van der Waals surface area contributed by atoms with Crippen LogP contribution in [0.25, 0.3) is 0 Å². The molecule has 1 N–H and O–H groups in total. The maximum Gasteiger partial charge on any atom is 0.463 e. The summed E-state index contributed by atoms with van der Waals surface area (Å²) >= 11 is 5.56. The lowest BCUT2D eigenvalue weighted by Crippen LogP contribution is -2.47. The molecular formula is C11H7ClF5NO3. The van der Waals surface area contributed by atoms with E-state index in [2.05, 4.69) is 4.74 Å². The lowest BCUT2D eigenvalue weighted by atomic mass is 10.2. The van der Waals surface area contributed by atoms with Crippen LogP contribution in [0.15, 0.2) is 18.2 Å². The third kappa shape index (κ3) is 3.60. The van der Waals surface area contributed by atoms with Crippen molar-refractivity contribution >= 4 is 29.2 Å². The van der Waals surface area contributed by atoms with Gasteiger partial charge in [0.25, 0.3) is 0 Å². The Bertz CT molecular complexity index is 573. The number of hydrogen-bond acceptors (Lipinski definition) is 3. The Morgan fingerprint density at radius 1 is 1.19 bits per heavy atom. The fraction of sp³-hybridized carbons (Fsp3) is 0.273. The molecule has 4 nitrogen and oxygen atoms in total. The molecule has 0 spiro atoms. The average molecular weight is 332 g/mol. The van der Waals surface area contributed by atoms with E-state index >= 15 is 0 Å². The molecule has 0 bridgehead atoms. The van der Waals surface area contributed by atoms with Gasteiger partial charge < -0.3 is 10.1 Å². The molecule has 1 aromatic rings. The Morgan fingerprint density at radius 3 is 2.24 bits per heavy atom. The van der Waals surface area contributed by atoms with Gasteiger partial charge in [0.2, 0.25) is 0 Å². The van der Waals surface area contributed by atoms with Crippen molar-refractivity contribution in [3.05, 3.63) is 28.8 Å². The van der Waals surface area contributed by atoms with Crippen LogP contribution in [-0.2, 0) is 9.53 Å². The van der Waals surface area contributed by atoms with Gasteiger partial charge in [0.1, 0.15) is 0 Å². The monoisotopic (exact) mass is 331 g/mol. The van der Waals surface area contributed by atoms with Crippen LogP contribution in [-0.4, -0.2) is 31.1 Å². The summed E-state index contributed by atoms with van der Waals surface area (Å²) in [5.41, 5.74) is -0.763. The summed E-state index contributed by atoms with van der Waals surface area (Å²) in [6.45, 7) is 0. The first-order chi connectivity index (χ1) is 9.50. The van der Waals surface area contributed by atoms with Gasteiger partial charge in [-0.3, -0.25) is 4.79 Å². The number of carbonyl (C=O) groups is 2. The molecule has 0 atom stereocenters. The second-order valence-corrected chi connectivity index (χ2v) is 4.12. The number of amides is 1. The van der Waals surface area contributed by atoms with Crippen molar-refractivity contribution < 1.29 is 36.3 Å². The van der Waals surface area contributed by atoms with Gasteiger partial charge in [0.05, 0.1) is 23.4 Å². The highest BCUT2D eigenvalue weighted by atomic mass is 35.5. The molecule has 1 aromatic carbocycles. The number of carbonyl (C=O) groups excluding carboxylic acids is 2. The fourth-order valence-electron chi connectivity index (χ4n) is 1.20. The Labute approximate surface area is 119 Å². The molecule has 1 rings (SSSR count). The number of anilines is 1. The maximum absolute atomic E-state index is 12.8. The summed E-state index contributed by atoms with van der Waals surface area (Å²) in [6.07, 6.45) is -6.05. The van der Waals surface area contributed by atoms with Crippen LogP contribution in [0.4, 0.5) is 27.6 Å². The largest absolute Gasteiger partial charge is 0.465 e. The Hall–Kier alpha value is -1.90. The zero-order chi connectivity index (χ0) is 16.4. The lowest BCUT2D eigenvalue weighted by molar-refractivity contribution is -0.267. The van der Waals surface area contributed by atoms with Gasteiger partial charge >= 0.3 is 24.0 Å². The number of methoxy groups -OCH3 is 1. The van der Waals surface area contributed by atoms with Crippen LogP contribution in [0.1, 0.15) is 10.4 Å². The molecule has 0 aliphatic carbocycles. The first-order valence-electron chi connectivity index (χ1n) is 5.14. The van der Waals surface area contributed by atoms with Crippen molar-refractivity contribution in [2.75, 3.05) is 12.4 Å². The normalized spacial score (nSPS) is 12.0. The minimum atomic E-state index is -6.05. The minimum absolute atomic E-state index is 0.187. The van der Waals surface area contributed by atoms with Gasteiger partial charge in [-0.2, -0.15) is 22.0 Å². The summed E-state index contributed by atoms with van der Waals surface area (Å²) in [6, 6.07) is 3.00. The van der Waals surface area contributed by atoms with Crippen LogP contribution in [0, 0.1) is 0 Å². The molecule has 0 saturated heterocycles. The maximum atomic E-state index is 12.8. The van der Waals surface area contributed by atoms with Gasteiger partial charge in [0.15, 0.2) is 0 Å². The SMILES string of the molecule is COC(=O)c1ccc(Cl)c(NC(=O)C(F)(F)C(F)(F)F)c1.